The third-order valence-corrected chi connectivity index (χ3v) is 4.58. The standard InChI is InChI=1S/C24H39N3O4/c1-17(2)15-27(23(30)12-18(3)13-24(4,5)6)16-22(29)25-14-21(28)26-19-8-10-20(31-7)11-9-19/h8-11,17-18H,12-16H2,1-7H3,(H,25,29)(H,26,28)/t18-/m1/s1. The van der Waals surface area contributed by atoms with Gasteiger partial charge < -0.3 is 20.3 Å². The van der Waals surface area contributed by atoms with Gasteiger partial charge in [0.15, 0.2) is 0 Å². The number of methoxy groups -OCH3 is 1. The SMILES string of the molecule is COc1ccc(NC(=O)CNC(=O)CN(CC(C)C)C(=O)C[C@@H](C)CC(C)(C)C)cc1. The molecule has 3 amide bonds. The Morgan fingerprint density at radius 1 is 1.03 bits per heavy atom. The highest BCUT2D eigenvalue weighted by molar-refractivity contribution is 5.95. The molecule has 1 aromatic carbocycles. The first-order chi connectivity index (χ1) is 14.4. The highest BCUT2D eigenvalue weighted by Gasteiger charge is 2.23. The fraction of sp³-hybridized carbons (Fsp3) is 0.625. The summed E-state index contributed by atoms with van der Waals surface area (Å²) in [7, 11) is 1.57. The molecule has 0 aromatic heterocycles. The Hall–Kier alpha value is -2.57. The van der Waals surface area contributed by atoms with E-state index >= 15 is 0 Å². The second kappa shape index (κ2) is 12.3. The van der Waals surface area contributed by atoms with Crippen molar-refractivity contribution in [1.82, 2.24) is 10.2 Å². The number of benzene rings is 1. The maximum atomic E-state index is 12.8. The Morgan fingerprint density at radius 2 is 1.65 bits per heavy atom. The molecule has 174 valence electrons. The number of carbonyl (C=O) groups excluding carboxylic acids is 3. The molecule has 7 nitrogen and oxygen atoms in total. The molecule has 1 atom stereocenters. The quantitative estimate of drug-likeness (QED) is 0.557. The number of nitrogens with one attached hydrogen (secondary N) is 2. The maximum absolute atomic E-state index is 12.8. The molecule has 2 N–H and O–H groups in total. The summed E-state index contributed by atoms with van der Waals surface area (Å²) in [6.45, 7) is 12.9. The van der Waals surface area contributed by atoms with Crippen LogP contribution in [0.15, 0.2) is 24.3 Å². The van der Waals surface area contributed by atoms with Gasteiger partial charge in [-0.15, -0.1) is 0 Å². The fourth-order valence-corrected chi connectivity index (χ4v) is 3.53. The summed E-state index contributed by atoms with van der Waals surface area (Å²) in [6.07, 6.45) is 1.35. The number of hydrogen-bond acceptors (Lipinski definition) is 4. The van der Waals surface area contributed by atoms with E-state index in [1.54, 1.807) is 36.3 Å². The van der Waals surface area contributed by atoms with Crippen molar-refractivity contribution >= 4 is 23.4 Å². The normalized spacial score (nSPS) is 12.3. The van der Waals surface area contributed by atoms with Crippen LogP contribution in [0, 0.1) is 17.3 Å². The molecule has 0 spiro atoms. The van der Waals surface area contributed by atoms with Gasteiger partial charge in [-0.3, -0.25) is 14.4 Å². The van der Waals surface area contributed by atoms with Crippen LogP contribution in [-0.2, 0) is 14.4 Å². The molecule has 1 aromatic rings. The number of rotatable bonds is 11. The second-order valence-electron chi connectivity index (χ2n) is 9.80. The molecule has 0 fully saturated rings. The molecule has 0 bridgehead atoms. The van der Waals surface area contributed by atoms with Crippen molar-refractivity contribution in [2.75, 3.05) is 32.1 Å². The highest BCUT2D eigenvalue weighted by atomic mass is 16.5. The van der Waals surface area contributed by atoms with E-state index in [2.05, 4.69) is 38.3 Å². The number of carbonyl (C=O) groups is 3. The first kappa shape index (κ1) is 26.5. The van der Waals surface area contributed by atoms with E-state index in [0.717, 1.165) is 6.42 Å². The Morgan fingerprint density at radius 3 is 2.16 bits per heavy atom. The van der Waals surface area contributed by atoms with Crippen molar-refractivity contribution in [3.05, 3.63) is 24.3 Å². The molecule has 0 aliphatic rings. The van der Waals surface area contributed by atoms with Gasteiger partial charge in [0.05, 0.1) is 20.2 Å². The Kier molecular flexibility index (Phi) is 10.5. The molecule has 7 heteroatoms. The van der Waals surface area contributed by atoms with Gasteiger partial charge in [-0.1, -0.05) is 41.5 Å². The van der Waals surface area contributed by atoms with E-state index in [1.807, 2.05) is 13.8 Å². The van der Waals surface area contributed by atoms with Gasteiger partial charge >= 0.3 is 0 Å². The summed E-state index contributed by atoms with van der Waals surface area (Å²) in [6, 6.07) is 6.93. The van der Waals surface area contributed by atoms with Crippen molar-refractivity contribution in [1.29, 1.82) is 0 Å². The average molecular weight is 434 g/mol. The molecule has 0 radical (unpaired) electrons. The smallest absolute Gasteiger partial charge is 0.243 e. The molecule has 0 aliphatic carbocycles. The summed E-state index contributed by atoms with van der Waals surface area (Å²) in [5, 5.41) is 5.32. The number of amides is 3. The number of anilines is 1. The summed E-state index contributed by atoms with van der Waals surface area (Å²) < 4.78 is 5.08. The molecule has 31 heavy (non-hydrogen) atoms. The van der Waals surface area contributed by atoms with Crippen molar-refractivity contribution in [2.45, 2.75) is 54.4 Å². The van der Waals surface area contributed by atoms with E-state index in [0.29, 0.717) is 24.4 Å². The largest absolute Gasteiger partial charge is 0.497 e. The van der Waals surface area contributed by atoms with Crippen molar-refractivity contribution in [3.8, 4) is 5.75 Å². The van der Waals surface area contributed by atoms with E-state index in [1.165, 1.54) is 0 Å². The van der Waals surface area contributed by atoms with Crippen LogP contribution in [0.2, 0.25) is 0 Å². The van der Waals surface area contributed by atoms with E-state index in [9.17, 15) is 14.4 Å². The molecular weight excluding hydrogens is 394 g/mol. The lowest BCUT2D eigenvalue weighted by Crippen LogP contribution is -2.44. The summed E-state index contributed by atoms with van der Waals surface area (Å²) in [5.74, 6) is 0.469. The highest BCUT2D eigenvalue weighted by Crippen LogP contribution is 2.26. The Balaban J connectivity index is 2.56. The second-order valence-corrected chi connectivity index (χ2v) is 9.80. The molecular formula is C24H39N3O4. The first-order valence-electron chi connectivity index (χ1n) is 10.9. The van der Waals surface area contributed by atoms with Crippen LogP contribution in [0.1, 0.15) is 54.4 Å². The first-order valence-corrected chi connectivity index (χ1v) is 10.9. The number of nitrogens with zero attached hydrogens (tertiary/aromatic N) is 1. The van der Waals surface area contributed by atoms with Crippen LogP contribution in [0.3, 0.4) is 0 Å². The molecule has 0 unspecified atom stereocenters. The zero-order valence-corrected chi connectivity index (χ0v) is 20.1. The summed E-state index contributed by atoms with van der Waals surface area (Å²) in [4.78, 5) is 38.9. The maximum Gasteiger partial charge on any atom is 0.243 e. The molecule has 1 rings (SSSR count). The Labute approximate surface area is 186 Å². The van der Waals surface area contributed by atoms with Crippen LogP contribution in [0.25, 0.3) is 0 Å². The van der Waals surface area contributed by atoms with Gasteiger partial charge in [0.1, 0.15) is 5.75 Å². The van der Waals surface area contributed by atoms with E-state index in [4.69, 9.17) is 4.74 Å². The van der Waals surface area contributed by atoms with Crippen LogP contribution < -0.4 is 15.4 Å². The zero-order chi connectivity index (χ0) is 23.6. The van der Waals surface area contributed by atoms with Gasteiger partial charge in [-0.2, -0.15) is 0 Å². The Bertz CT molecular complexity index is 723. The molecule has 0 saturated heterocycles. The minimum absolute atomic E-state index is 0.0247. The van der Waals surface area contributed by atoms with Gasteiger partial charge in [0.2, 0.25) is 17.7 Å². The fourth-order valence-electron chi connectivity index (χ4n) is 3.53. The van der Waals surface area contributed by atoms with Gasteiger partial charge in [-0.25, -0.2) is 0 Å². The predicted molar refractivity (Wildman–Crippen MR) is 124 cm³/mol. The van der Waals surface area contributed by atoms with Crippen molar-refractivity contribution in [2.24, 2.45) is 17.3 Å². The van der Waals surface area contributed by atoms with Gasteiger partial charge in [0.25, 0.3) is 0 Å². The van der Waals surface area contributed by atoms with E-state index in [-0.39, 0.29) is 48.1 Å². The van der Waals surface area contributed by atoms with Crippen LogP contribution in [0.4, 0.5) is 5.69 Å². The average Bonchev–Trinajstić information content (AvgIpc) is 2.64. The minimum Gasteiger partial charge on any atom is -0.497 e. The minimum atomic E-state index is -0.345. The summed E-state index contributed by atoms with van der Waals surface area (Å²) >= 11 is 0. The van der Waals surface area contributed by atoms with Gasteiger partial charge in [-0.05, 0) is 47.9 Å². The van der Waals surface area contributed by atoms with Crippen LogP contribution >= 0.6 is 0 Å². The molecule has 0 aliphatic heterocycles. The van der Waals surface area contributed by atoms with Crippen LogP contribution in [0.5, 0.6) is 5.75 Å². The monoisotopic (exact) mass is 433 g/mol. The lowest BCUT2D eigenvalue weighted by atomic mass is 9.84. The lowest BCUT2D eigenvalue weighted by Gasteiger charge is -2.27. The van der Waals surface area contributed by atoms with E-state index < -0.39 is 0 Å². The zero-order valence-electron chi connectivity index (χ0n) is 20.1. The van der Waals surface area contributed by atoms with Crippen molar-refractivity contribution < 1.29 is 19.1 Å². The molecule has 0 heterocycles. The third-order valence-electron chi connectivity index (χ3n) is 4.58. The third kappa shape index (κ3) is 11.4. The lowest BCUT2D eigenvalue weighted by molar-refractivity contribution is -0.137. The van der Waals surface area contributed by atoms with Crippen molar-refractivity contribution in [3.63, 3.8) is 0 Å². The molecule has 0 saturated carbocycles. The van der Waals surface area contributed by atoms with Crippen LogP contribution in [-0.4, -0.2) is 49.4 Å². The topological polar surface area (TPSA) is 87.7 Å². The predicted octanol–water partition coefficient (Wildman–Crippen LogP) is 3.70. The summed E-state index contributed by atoms with van der Waals surface area (Å²) in [5.41, 5.74) is 0.765. The number of hydrogen-bond donors (Lipinski definition) is 2. The van der Waals surface area contributed by atoms with Gasteiger partial charge in [0, 0.05) is 18.7 Å². The number of ether oxygens (including phenoxy) is 1.